The van der Waals surface area contributed by atoms with Gasteiger partial charge in [-0.1, -0.05) is 6.58 Å². The van der Waals surface area contributed by atoms with Crippen molar-refractivity contribution in [3.8, 4) is 0 Å². The number of amides is 1. The molecule has 0 saturated heterocycles. The Bertz CT molecular complexity index is 336. The van der Waals surface area contributed by atoms with Crippen molar-refractivity contribution < 1.29 is 9.90 Å². The molecule has 1 rings (SSSR count). The monoisotopic (exact) mass is 240 g/mol. The lowest BCUT2D eigenvalue weighted by Crippen LogP contribution is -2.25. The molecule has 1 aromatic rings. The smallest absolute Gasteiger partial charge is 0.220 e. The third-order valence-corrected chi connectivity index (χ3v) is 2.69. The third-order valence-electron chi connectivity index (χ3n) is 2.06. The summed E-state index contributed by atoms with van der Waals surface area (Å²) in [5, 5.41) is 13.6. The summed E-state index contributed by atoms with van der Waals surface area (Å²) >= 11 is 1.55. The van der Waals surface area contributed by atoms with Crippen LogP contribution in [-0.2, 0) is 11.2 Å². The number of aliphatic hydroxyl groups excluding tert-OH is 1. The highest BCUT2D eigenvalue weighted by Crippen LogP contribution is 2.02. The van der Waals surface area contributed by atoms with Gasteiger partial charge >= 0.3 is 0 Å². The van der Waals surface area contributed by atoms with Crippen molar-refractivity contribution in [3.05, 3.63) is 28.9 Å². The van der Waals surface area contributed by atoms with Crippen LogP contribution in [0, 0.1) is 0 Å². The largest absolute Gasteiger partial charge is 0.513 e. The first-order chi connectivity index (χ1) is 7.68. The van der Waals surface area contributed by atoms with E-state index in [0.29, 0.717) is 25.8 Å². The van der Waals surface area contributed by atoms with Gasteiger partial charge in [0.1, 0.15) is 0 Å². The van der Waals surface area contributed by atoms with Crippen LogP contribution in [-0.4, -0.2) is 22.5 Å². The Balaban J connectivity index is 2.04. The second kappa shape index (κ2) is 7.00. The molecule has 2 N–H and O–H groups in total. The molecule has 0 aromatic carbocycles. The summed E-state index contributed by atoms with van der Waals surface area (Å²) in [6.07, 6.45) is 2.32. The van der Waals surface area contributed by atoms with E-state index in [1.165, 1.54) is 0 Å². The Labute approximate surface area is 99.0 Å². The second-order valence-electron chi connectivity index (χ2n) is 3.50. The molecule has 0 saturated carbocycles. The first-order valence-corrected chi connectivity index (χ1v) is 6.13. The van der Waals surface area contributed by atoms with Crippen molar-refractivity contribution in [3.63, 3.8) is 0 Å². The average Bonchev–Trinajstić information content (AvgIpc) is 2.70. The molecule has 0 aliphatic carbocycles. The van der Waals surface area contributed by atoms with E-state index in [9.17, 15) is 4.79 Å². The predicted octanol–water partition coefficient (Wildman–Crippen LogP) is 2.04. The van der Waals surface area contributed by atoms with E-state index >= 15 is 0 Å². The summed E-state index contributed by atoms with van der Waals surface area (Å²) in [5.74, 6) is 0.145. The van der Waals surface area contributed by atoms with Crippen LogP contribution < -0.4 is 5.32 Å². The van der Waals surface area contributed by atoms with Crippen molar-refractivity contribution in [1.29, 1.82) is 0 Å². The molecular formula is C11H16N2O2S. The Hall–Kier alpha value is -1.36. The van der Waals surface area contributed by atoms with Crippen LogP contribution in [0.25, 0.3) is 0 Å². The molecule has 1 heterocycles. The molecule has 0 fully saturated rings. The number of aromatic nitrogens is 1. The topological polar surface area (TPSA) is 62.2 Å². The highest BCUT2D eigenvalue weighted by Gasteiger charge is 2.01. The average molecular weight is 240 g/mol. The minimum Gasteiger partial charge on any atom is -0.513 e. The fraction of sp³-hybridized carbons (Fsp3) is 0.455. The van der Waals surface area contributed by atoms with E-state index in [1.54, 1.807) is 16.8 Å². The molecule has 0 aliphatic heterocycles. The number of allylic oxidation sites excluding steroid dienone is 1. The Morgan fingerprint density at radius 3 is 3.00 bits per heavy atom. The fourth-order valence-electron chi connectivity index (χ4n) is 1.23. The standard InChI is InChI=1S/C11H16N2O2S/c1-9(14)3-2-4-11(15)12-6-5-10-7-16-8-13-10/h7-8,14H,1-6H2,(H,12,15). The first-order valence-electron chi connectivity index (χ1n) is 5.19. The highest BCUT2D eigenvalue weighted by molar-refractivity contribution is 7.07. The number of rotatable bonds is 7. The van der Waals surface area contributed by atoms with Crippen molar-refractivity contribution in [2.75, 3.05) is 6.54 Å². The lowest BCUT2D eigenvalue weighted by molar-refractivity contribution is -0.121. The number of hydrogen-bond donors (Lipinski definition) is 2. The zero-order valence-electron chi connectivity index (χ0n) is 9.11. The summed E-state index contributed by atoms with van der Waals surface area (Å²) in [6, 6.07) is 0. The van der Waals surface area contributed by atoms with Gasteiger partial charge in [0.2, 0.25) is 5.91 Å². The lowest BCUT2D eigenvalue weighted by atomic mass is 10.2. The zero-order valence-corrected chi connectivity index (χ0v) is 9.92. The van der Waals surface area contributed by atoms with Gasteiger partial charge in [-0.2, -0.15) is 0 Å². The molecule has 5 heteroatoms. The number of nitrogens with zero attached hydrogens (tertiary/aromatic N) is 1. The predicted molar refractivity (Wildman–Crippen MR) is 64.4 cm³/mol. The molecule has 0 aliphatic rings. The maximum atomic E-state index is 11.3. The van der Waals surface area contributed by atoms with Crippen LogP contribution in [0.5, 0.6) is 0 Å². The maximum absolute atomic E-state index is 11.3. The number of aliphatic hydroxyl groups is 1. The second-order valence-corrected chi connectivity index (χ2v) is 4.22. The van der Waals surface area contributed by atoms with Gasteiger partial charge in [-0.3, -0.25) is 4.79 Å². The van der Waals surface area contributed by atoms with Crippen LogP contribution in [0.1, 0.15) is 25.0 Å². The summed E-state index contributed by atoms with van der Waals surface area (Å²) < 4.78 is 0. The molecule has 0 unspecified atom stereocenters. The van der Waals surface area contributed by atoms with E-state index in [2.05, 4.69) is 16.9 Å². The normalized spacial score (nSPS) is 10.0. The van der Waals surface area contributed by atoms with Crippen molar-refractivity contribution >= 4 is 17.2 Å². The van der Waals surface area contributed by atoms with Crippen molar-refractivity contribution in [2.24, 2.45) is 0 Å². The SMILES string of the molecule is C=C(O)CCCC(=O)NCCc1cscn1. The van der Waals surface area contributed by atoms with Gasteiger partial charge in [0.05, 0.1) is 17.0 Å². The third kappa shape index (κ3) is 5.50. The lowest BCUT2D eigenvalue weighted by Gasteiger charge is -2.03. The van der Waals surface area contributed by atoms with Crippen LogP contribution in [0.4, 0.5) is 0 Å². The number of nitrogens with one attached hydrogen (secondary N) is 1. The van der Waals surface area contributed by atoms with E-state index in [1.807, 2.05) is 5.38 Å². The Kier molecular flexibility index (Phi) is 5.56. The molecule has 1 aromatic heterocycles. The molecule has 88 valence electrons. The maximum Gasteiger partial charge on any atom is 0.220 e. The summed E-state index contributed by atoms with van der Waals surface area (Å²) in [6.45, 7) is 3.98. The quantitative estimate of drug-likeness (QED) is 0.717. The van der Waals surface area contributed by atoms with Crippen LogP contribution in [0.2, 0.25) is 0 Å². The summed E-state index contributed by atoms with van der Waals surface area (Å²) in [4.78, 5) is 15.4. The highest BCUT2D eigenvalue weighted by atomic mass is 32.1. The summed E-state index contributed by atoms with van der Waals surface area (Å²) in [5.41, 5.74) is 2.79. The first kappa shape index (κ1) is 12.7. The number of carbonyl (C=O) groups is 1. The van der Waals surface area contributed by atoms with Gasteiger partial charge in [0.15, 0.2) is 0 Å². The van der Waals surface area contributed by atoms with Gasteiger partial charge in [-0.15, -0.1) is 11.3 Å². The number of carbonyl (C=O) groups excluding carboxylic acids is 1. The molecule has 0 bridgehead atoms. The molecule has 0 spiro atoms. The summed E-state index contributed by atoms with van der Waals surface area (Å²) in [7, 11) is 0. The van der Waals surface area contributed by atoms with Gasteiger partial charge in [-0.25, -0.2) is 4.98 Å². The van der Waals surface area contributed by atoms with Crippen LogP contribution in [0.15, 0.2) is 23.2 Å². The Morgan fingerprint density at radius 1 is 1.56 bits per heavy atom. The number of thiazole rings is 1. The zero-order chi connectivity index (χ0) is 11.8. The van der Waals surface area contributed by atoms with Gasteiger partial charge in [-0.05, 0) is 6.42 Å². The van der Waals surface area contributed by atoms with Crippen molar-refractivity contribution in [2.45, 2.75) is 25.7 Å². The molecular weight excluding hydrogens is 224 g/mol. The minimum absolute atomic E-state index is 0.0106. The molecule has 0 atom stereocenters. The molecule has 16 heavy (non-hydrogen) atoms. The van der Waals surface area contributed by atoms with Gasteiger partial charge < -0.3 is 10.4 Å². The molecule has 4 nitrogen and oxygen atoms in total. The van der Waals surface area contributed by atoms with E-state index < -0.39 is 0 Å². The molecule has 1 amide bonds. The van der Waals surface area contributed by atoms with E-state index in [0.717, 1.165) is 12.1 Å². The van der Waals surface area contributed by atoms with E-state index in [-0.39, 0.29) is 11.7 Å². The van der Waals surface area contributed by atoms with Gasteiger partial charge in [0, 0.05) is 31.2 Å². The minimum atomic E-state index is 0.0106. The van der Waals surface area contributed by atoms with Gasteiger partial charge in [0.25, 0.3) is 0 Å². The van der Waals surface area contributed by atoms with Crippen molar-refractivity contribution in [1.82, 2.24) is 10.3 Å². The van der Waals surface area contributed by atoms with Crippen LogP contribution in [0.3, 0.4) is 0 Å². The van der Waals surface area contributed by atoms with E-state index in [4.69, 9.17) is 5.11 Å². The van der Waals surface area contributed by atoms with Crippen LogP contribution >= 0.6 is 11.3 Å². The number of hydrogen-bond acceptors (Lipinski definition) is 4. The fourth-order valence-corrected chi connectivity index (χ4v) is 1.83. The Morgan fingerprint density at radius 2 is 2.38 bits per heavy atom. The molecule has 0 radical (unpaired) electrons.